The topological polar surface area (TPSA) is 89.5 Å². The molecule has 1 aliphatic heterocycles. The van der Waals surface area contributed by atoms with Crippen LogP contribution >= 0.6 is 0 Å². The highest BCUT2D eigenvalue weighted by Crippen LogP contribution is 2.31. The van der Waals surface area contributed by atoms with Crippen molar-refractivity contribution in [2.45, 2.75) is 32.9 Å². The highest BCUT2D eigenvalue weighted by Gasteiger charge is 2.19. The fourth-order valence-corrected chi connectivity index (χ4v) is 2.76. The lowest BCUT2D eigenvalue weighted by molar-refractivity contribution is 0.102. The monoisotopic (exact) mass is 355 g/mol. The lowest BCUT2D eigenvalue weighted by Crippen LogP contribution is -2.24. The lowest BCUT2D eigenvalue weighted by atomic mass is 10.1. The van der Waals surface area contributed by atoms with Crippen LogP contribution in [0.25, 0.3) is 0 Å². The Bertz CT molecular complexity index is 822. The minimum Gasteiger partial charge on any atom is -0.490 e. The molecule has 1 unspecified atom stereocenters. The summed E-state index contributed by atoms with van der Waals surface area (Å²) >= 11 is 0. The van der Waals surface area contributed by atoms with Gasteiger partial charge in [0, 0.05) is 23.9 Å². The second-order valence-corrected chi connectivity index (χ2v) is 6.02. The summed E-state index contributed by atoms with van der Waals surface area (Å²) in [6, 6.07) is 8.89. The van der Waals surface area contributed by atoms with Gasteiger partial charge in [-0.25, -0.2) is 4.79 Å². The van der Waals surface area contributed by atoms with E-state index in [9.17, 15) is 9.59 Å². The minimum atomic E-state index is -0.515. The molecule has 0 radical (unpaired) electrons. The number of amides is 2. The zero-order valence-corrected chi connectivity index (χ0v) is 14.7. The number of hydrogen-bond donors (Lipinski definition) is 2. The highest BCUT2D eigenvalue weighted by molar-refractivity contribution is 6.04. The van der Waals surface area contributed by atoms with Crippen LogP contribution < -0.4 is 15.4 Å². The van der Waals surface area contributed by atoms with Gasteiger partial charge in [-0.05, 0) is 49.7 Å². The van der Waals surface area contributed by atoms with Crippen LogP contribution in [0.5, 0.6) is 5.75 Å². The Hall–Kier alpha value is -3.09. The molecule has 2 aromatic rings. The van der Waals surface area contributed by atoms with Gasteiger partial charge in [-0.1, -0.05) is 0 Å². The van der Waals surface area contributed by atoms with Crippen molar-refractivity contribution >= 4 is 17.7 Å². The van der Waals surface area contributed by atoms with Crippen molar-refractivity contribution in [2.24, 2.45) is 0 Å². The third kappa shape index (κ3) is 4.30. The Morgan fingerprint density at radius 1 is 1.31 bits per heavy atom. The van der Waals surface area contributed by atoms with Gasteiger partial charge in [-0.3, -0.25) is 9.78 Å². The molecule has 1 aromatic carbocycles. The predicted molar refractivity (Wildman–Crippen MR) is 96.3 cm³/mol. The number of rotatable bonds is 5. The lowest BCUT2D eigenvalue weighted by Gasteiger charge is -2.09. The first-order chi connectivity index (χ1) is 12.5. The van der Waals surface area contributed by atoms with Crippen LogP contribution in [0.15, 0.2) is 36.5 Å². The van der Waals surface area contributed by atoms with Crippen LogP contribution in [0.2, 0.25) is 0 Å². The Kier molecular flexibility index (Phi) is 5.36. The van der Waals surface area contributed by atoms with Gasteiger partial charge in [0.25, 0.3) is 5.91 Å². The number of anilines is 1. The predicted octanol–water partition coefficient (Wildman–Crippen LogP) is 2.90. The first-order valence-corrected chi connectivity index (χ1v) is 8.51. The van der Waals surface area contributed by atoms with E-state index >= 15 is 0 Å². The molecular weight excluding hydrogens is 334 g/mol. The normalized spacial score (nSPS) is 14.9. The molecule has 26 heavy (non-hydrogen) atoms. The Morgan fingerprint density at radius 3 is 2.96 bits per heavy atom. The van der Waals surface area contributed by atoms with E-state index in [1.54, 1.807) is 19.1 Å². The Labute approximate surface area is 151 Å². The van der Waals surface area contributed by atoms with Crippen molar-refractivity contribution in [1.29, 1.82) is 0 Å². The number of ether oxygens (including phenoxy) is 2. The first kappa shape index (κ1) is 17.7. The second kappa shape index (κ2) is 7.86. The zero-order valence-electron chi connectivity index (χ0n) is 14.7. The zero-order chi connectivity index (χ0) is 18.5. The number of fused-ring (bicyclic) bond motifs is 1. The van der Waals surface area contributed by atoms with E-state index in [1.165, 1.54) is 6.20 Å². The molecule has 1 atom stereocenters. The molecule has 2 N–H and O–H groups in total. The van der Waals surface area contributed by atoms with Crippen molar-refractivity contribution in [3.05, 3.63) is 53.3 Å². The van der Waals surface area contributed by atoms with Gasteiger partial charge in [0.15, 0.2) is 0 Å². The molecule has 0 saturated heterocycles. The number of carbonyl (C=O) groups is 2. The van der Waals surface area contributed by atoms with Crippen LogP contribution in [0.3, 0.4) is 0 Å². The van der Waals surface area contributed by atoms with Crippen molar-refractivity contribution in [3.8, 4) is 5.75 Å². The average molecular weight is 355 g/mol. The van der Waals surface area contributed by atoms with Crippen molar-refractivity contribution in [3.63, 3.8) is 0 Å². The van der Waals surface area contributed by atoms with E-state index < -0.39 is 6.09 Å². The van der Waals surface area contributed by atoms with Gasteiger partial charge < -0.3 is 20.1 Å². The molecular formula is C19H21N3O4. The average Bonchev–Trinajstić information content (AvgIpc) is 3.00. The Balaban J connectivity index is 1.64. The molecule has 2 amide bonds. The number of nitrogens with one attached hydrogen (secondary N) is 2. The highest BCUT2D eigenvalue weighted by atomic mass is 16.5. The maximum absolute atomic E-state index is 12.5. The number of nitrogens with zero attached hydrogens (tertiary/aromatic N) is 1. The summed E-state index contributed by atoms with van der Waals surface area (Å²) in [4.78, 5) is 28.0. The SMILES string of the molecule is CCOC(=O)NCc1cc(C(=O)Nc2ccc3c(c2)CC(C)O3)ccn1. The number of hydrogen-bond acceptors (Lipinski definition) is 5. The van der Waals surface area contributed by atoms with Crippen LogP contribution in [0.4, 0.5) is 10.5 Å². The van der Waals surface area contributed by atoms with Gasteiger partial charge in [0.2, 0.25) is 0 Å². The summed E-state index contributed by atoms with van der Waals surface area (Å²) in [6.07, 6.45) is 2.01. The number of carbonyl (C=O) groups excluding carboxylic acids is 2. The Morgan fingerprint density at radius 2 is 2.15 bits per heavy atom. The summed E-state index contributed by atoms with van der Waals surface area (Å²) in [6.45, 7) is 4.23. The summed E-state index contributed by atoms with van der Waals surface area (Å²) in [5.74, 6) is 0.628. The minimum absolute atomic E-state index is 0.158. The largest absolute Gasteiger partial charge is 0.490 e. The van der Waals surface area contributed by atoms with Gasteiger partial charge >= 0.3 is 6.09 Å². The maximum Gasteiger partial charge on any atom is 0.407 e. The summed E-state index contributed by atoms with van der Waals surface area (Å²) in [5.41, 5.74) is 2.84. The van der Waals surface area contributed by atoms with Crippen LogP contribution in [-0.2, 0) is 17.7 Å². The van der Waals surface area contributed by atoms with E-state index in [-0.39, 0.29) is 18.6 Å². The van der Waals surface area contributed by atoms with E-state index in [0.717, 1.165) is 23.4 Å². The standard InChI is InChI=1S/C19H21N3O4/c1-3-25-19(24)21-11-16-9-13(6-7-20-16)18(23)22-15-4-5-17-14(10-15)8-12(2)26-17/h4-7,9-10,12H,3,8,11H2,1-2H3,(H,21,24)(H,22,23). The third-order valence-electron chi connectivity index (χ3n) is 3.92. The van der Waals surface area contributed by atoms with Crippen molar-refractivity contribution in [2.75, 3.05) is 11.9 Å². The first-order valence-electron chi connectivity index (χ1n) is 8.51. The van der Waals surface area contributed by atoms with E-state index in [4.69, 9.17) is 9.47 Å². The smallest absolute Gasteiger partial charge is 0.407 e. The molecule has 1 aromatic heterocycles. The second-order valence-electron chi connectivity index (χ2n) is 6.02. The molecule has 0 aliphatic carbocycles. The van der Waals surface area contributed by atoms with E-state index in [2.05, 4.69) is 15.6 Å². The molecule has 0 spiro atoms. The van der Waals surface area contributed by atoms with Gasteiger partial charge in [-0.15, -0.1) is 0 Å². The molecule has 2 heterocycles. The van der Waals surface area contributed by atoms with Crippen molar-refractivity contribution < 1.29 is 19.1 Å². The fraction of sp³-hybridized carbons (Fsp3) is 0.316. The molecule has 0 bridgehead atoms. The number of alkyl carbamates (subject to hydrolysis) is 1. The molecule has 0 fully saturated rings. The summed E-state index contributed by atoms with van der Waals surface area (Å²) in [7, 11) is 0. The molecule has 7 heteroatoms. The summed E-state index contributed by atoms with van der Waals surface area (Å²) in [5, 5.41) is 5.46. The molecule has 7 nitrogen and oxygen atoms in total. The summed E-state index contributed by atoms with van der Waals surface area (Å²) < 4.78 is 10.5. The molecule has 1 aliphatic rings. The number of benzene rings is 1. The van der Waals surface area contributed by atoms with Crippen molar-refractivity contribution in [1.82, 2.24) is 10.3 Å². The van der Waals surface area contributed by atoms with Crippen LogP contribution in [-0.4, -0.2) is 29.7 Å². The number of aromatic nitrogens is 1. The van der Waals surface area contributed by atoms with E-state index in [0.29, 0.717) is 17.9 Å². The molecule has 0 saturated carbocycles. The van der Waals surface area contributed by atoms with Gasteiger partial charge in [0.05, 0.1) is 18.8 Å². The van der Waals surface area contributed by atoms with Crippen LogP contribution in [0.1, 0.15) is 35.5 Å². The quantitative estimate of drug-likeness (QED) is 0.861. The molecule has 136 valence electrons. The number of pyridine rings is 1. The van der Waals surface area contributed by atoms with E-state index in [1.807, 2.05) is 25.1 Å². The van der Waals surface area contributed by atoms with Crippen LogP contribution in [0, 0.1) is 0 Å². The fourth-order valence-electron chi connectivity index (χ4n) is 2.76. The van der Waals surface area contributed by atoms with Gasteiger partial charge in [-0.2, -0.15) is 0 Å². The van der Waals surface area contributed by atoms with Gasteiger partial charge in [0.1, 0.15) is 11.9 Å². The molecule has 3 rings (SSSR count). The maximum atomic E-state index is 12.5. The third-order valence-corrected chi connectivity index (χ3v) is 3.92.